The molecule has 212 valence electrons. The number of fused-ring (bicyclic) bond motifs is 1. The SMILES string of the molecule is COC(=O)C1=C(CN2CCN3C(=O)N(CC(C)(C)C(=O)O)CC3C2)NC(c2nccs2)=NC1c1ccc(Cl)cc1. The number of esters is 1. The third kappa shape index (κ3) is 5.56. The van der Waals surface area contributed by atoms with E-state index < -0.39 is 23.4 Å². The van der Waals surface area contributed by atoms with Crippen molar-refractivity contribution in [3.63, 3.8) is 0 Å². The second-order valence-electron chi connectivity index (χ2n) is 10.7. The summed E-state index contributed by atoms with van der Waals surface area (Å²) < 4.78 is 5.20. The maximum atomic E-state index is 13.2. The first kappa shape index (κ1) is 28.1. The molecule has 2 atom stereocenters. The van der Waals surface area contributed by atoms with E-state index in [1.165, 1.54) is 18.4 Å². The molecule has 1 aromatic heterocycles. The molecule has 4 heterocycles. The molecule has 2 amide bonds. The van der Waals surface area contributed by atoms with E-state index in [4.69, 9.17) is 21.3 Å². The monoisotopic (exact) mass is 586 g/mol. The molecule has 1 aromatic carbocycles. The van der Waals surface area contributed by atoms with Gasteiger partial charge in [-0.15, -0.1) is 11.3 Å². The lowest BCUT2D eigenvalue weighted by molar-refractivity contribution is -0.147. The Morgan fingerprint density at radius 2 is 1.98 bits per heavy atom. The normalized spacial score (nSPS) is 21.7. The third-order valence-corrected chi connectivity index (χ3v) is 8.44. The number of carboxylic acids is 1. The van der Waals surface area contributed by atoms with Gasteiger partial charge in [-0.25, -0.2) is 14.6 Å². The maximum Gasteiger partial charge on any atom is 0.338 e. The Morgan fingerprint density at radius 1 is 1.23 bits per heavy atom. The lowest BCUT2D eigenvalue weighted by atomic mass is 9.93. The zero-order chi connectivity index (χ0) is 28.6. The van der Waals surface area contributed by atoms with Crippen molar-refractivity contribution in [1.29, 1.82) is 0 Å². The topological polar surface area (TPSA) is 128 Å². The first-order valence-electron chi connectivity index (χ1n) is 12.9. The number of thiazole rings is 1. The van der Waals surface area contributed by atoms with Crippen LogP contribution < -0.4 is 5.32 Å². The first-order valence-corrected chi connectivity index (χ1v) is 14.2. The summed E-state index contributed by atoms with van der Waals surface area (Å²) in [5.41, 5.74) is 0.813. The van der Waals surface area contributed by atoms with Gasteiger partial charge in [-0.3, -0.25) is 14.7 Å². The van der Waals surface area contributed by atoms with Crippen LogP contribution in [0.5, 0.6) is 0 Å². The average molecular weight is 587 g/mol. The number of hydrogen-bond acceptors (Lipinski definition) is 9. The van der Waals surface area contributed by atoms with Crippen LogP contribution in [0, 0.1) is 5.41 Å². The number of carbonyl (C=O) groups is 3. The van der Waals surface area contributed by atoms with E-state index in [-0.39, 0.29) is 18.6 Å². The molecule has 2 unspecified atom stereocenters. The first-order chi connectivity index (χ1) is 19.1. The summed E-state index contributed by atoms with van der Waals surface area (Å²) in [5.74, 6) is -0.860. The summed E-state index contributed by atoms with van der Waals surface area (Å²) in [4.78, 5) is 52.8. The van der Waals surface area contributed by atoms with Crippen LogP contribution in [-0.4, -0.2) is 101 Å². The Labute approximate surface area is 241 Å². The van der Waals surface area contributed by atoms with Crippen molar-refractivity contribution in [2.75, 3.05) is 46.4 Å². The minimum absolute atomic E-state index is 0.0872. The van der Waals surface area contributed by atoms with Gasteiger partial charge >= 0.3 is 18.0 Å². The highest BCUT2D eigenvalue weighted by atomic mass is 35.5. The van der Waals surface area contributed by atoms with Crippen molar-refractivity contribution in [2.24, 2.45) is 10.4 Å². The Morgan fingerprint density at radius 3 is 2.62 bits per heavy atom. The van der Waals surface area contributed by atoms with E-state index in [1.807, 2.05) is 22.4 Å². The molecule has 11 nitrogen and oxygen atoms in total. The van der Waals surface area contributed by atoms with Crippen molar-refractivity contribution < 1.29 is 24.2 Å². The smallest absolute Gasteiger partial charge is 0.338 e. The minimum atomic E-state index is -1.04. The van der Waals surface area contributed by atoms with E-state index in [1.54, 1.807) is 37.1 Å². The highest BCUT2D eigenvalue weighted by molar-refractivity contribution is 7.11. The van der Waals surface area contributed by atoms with Crippen molar-refractivity contribution in [3.8, 4) is 0 Å². The molecule has 40 heavy (non-hydrogen) atoms. The van der Waals surface area contributed by atoms with Crippen LogP contribution in [0.1, 0.15) is 30.5 Å². The zero-order valence-electron chi connectivity index (χ0n) is 22.5. The Balaban J connectivity index is 1.41. The molecule has 13 heteroatoms. The lowest BCUT2D eigenvalue weighted by Crippen LogP contribution is -2.53. The number of amidine groups is 1. The van der Waals surface area contributed by atoms with E-state index in [9.17, 15) is 19.5 Å². The molecule has 0 aliphatic carbocycles. The molecule has 2 fully saturated rings. The average Bonchev–Trinajstić information content (AvgIpc) is 3.56. The fourth-order valence-electron chi connectivity index (χ4n) is 5.29. The lowest BCUT2D eigenvalue weighted by Gasteiger charge is -2.38. The summed E-state index contributed by atoms with van der Waals surface area (Å²) in [6.45, 7) is 5.91. The fourth-order valence-corrected chi connectivity index (χ4v) is 6.01. The molecule has 3 aliphatic rings. The van der Waals surface area contributed by atoms with Crippen molar-refractivity contribution in [1.82, 2.24) is 25.0 Å². The van der Waals surface area contributed by atoms with Crippen molar-refractivity contribution >= 4 is 46.7 Å². The number of hydrogen-bond donors (Lipinski definition) is 2. The van der Waals surface area contributed by atoms with Crippen LogP contribution in [0.4, 0.5) is 4.79 Å². The highest BCUT2D eigenvalue weighted by Crippen LogP contribution is 2.34. The van der Waals surface area contributed by atoms with Crippen LogP contribution in [0.25, 0.3) is 0 Å². The fraction of sp³-hybridized carbons (Fsp3) is 0.444. The number of benzene rings is 1. The molecule has 2 N–H and O–H groups in total. The Kier molecular flexibility index (Phi) is 7.85. The third-order valence-electron chi connectivity index (χ3n) is 7.41. The van der Waals surface area contributed by atoms with Gasteiger partial charge in [0.05, 0.1) is 24.1 Å². The zero-order valence-corrected chi connectivity index (χ0v) is 24.0. The van der Waals surface area contributed by atoms with Crippen LogP contribution in [-0.2, 0) is 14.3 Å². The number of aliphatic carboxylic acids is 1. The number of rotatable bonds is 8. The van der Waals surface area contributed by atoms with Crippen LogP contribution in [0.3, 0.4) is 0 Å². The van der Waals surface area contributed by atoms with Gasteiger partial charge in [-0.05, 0) is 31.5 Å². The number of urea groups is 1. The molecule has 0 spiro atoms. The molecule has 5 rings (SSSR count). The molecule has 3 aliphatic heterocycles. The molecule has 0 saturated carbocycles. The summed E-state index contributed by atoms with van der Waals surface area (Å²) in [5, 5.41) is 16.0. The molecule has 0 radical (unpaired) electrons. The van der Waals surface area contributed by atoms with Crippen molar-refractivity contribution in [3.05, 3.63) is 62.7 Å². The Hall–Kier alpha value is -3.48. The van der Waals surface area contributed by atoms with Crippen LogP contribution in [0.2, 0.25) is 5.02 Å². The number of halogens is 1. The van der Waals surface area contributed by atoms with Gasteiger partial charge in [0.15, 0.2) is 10.8 Å². The second kappa shape index (κ2) is 11.2. The van der Waals surface area contributed by atoms with Gasteiger partial charge in [-0.2, -0.15) is 0 Å². The van der Waals surface area contributed by atoms with Crippen LogP contribution >= 0.6 is 22.9 Å². The highest BCUT2D eigenvalue weighted by Gasteiger charge is 2.44. The number of carbonyl (C=O) groups excluding carboxylic acids is 2. The number of nitrogens with zero attached hydrogens (tertiary/aromatic N) is 5. The number of aliphatic imine (C=N–C) groups is 1. The quantitative estimate of drug-likeness (QED) is 0.452. The minimum Gasteiger partial charge on any atom is -0.481 e. The van der Waals surface area contributed by atoms with Gasteiger partial charge < -0.3 is 25.0 Å². The molecule has 2 aromatic rings. The summed E-state index contributed by atoms with van der Waals surface area (Å²) in [6.07, 6.45) is 1.70. The van der Waals surface area contributed by atoms with E-state index in [0.29, 0.717) is 59.9 Å². The number of nitrogens with one attached hydrogen (secondary N) is 1. The van der Waals surface area contributed by atoms with Gasteiger partial charge in [0, 0.05) is 61.6 Å². The maximum absolute atomic E-state index is 13.2. The van der Waals surface area contributed by atoms with Gasteiger partial charge in [0.25, 0.3) is 0 Å². The van der Waals surface area contributed by atoms with Gasteiger partial charge in [0.1, 0.15) is 6.04 Å². The van der Waals surface area contributed by atoms with E-state index in [2.05, 4.69) is 15.2 Å². The molecular formula is C27H31ClN6O5S. The van der Waals surface area contributed by atoms with Gasteiger partial charge in [0.2, 0.25) is 0 Å². The van der Waals surface area contributed by atoms with E-state index in [0.717, 1.165) is 5.56 Å². The number of carboxylic acid groups (broad SMARTS) is 1. The van der Waals surface area contributed by atoms with Crippen molar-refractivity contribution in [2.45, 2.75) is 25.9 Å². The Bertz CT molecular complexity index is 1360. The molecule has 2 saturated heterocycles. The summed E-state index contributed by atoms with van der Waals surface area (Å²) >= 11 is 7.58. The van der Waals surface area contributed by atoms with Gasteiger partial charge in [-0.1, -0.05) is 23.7 Å². The number of ether oxygens (including phenoxy) is 1. The summed E-state index contributed by atoms with van der Waals surface area (Å²) in [6, 6.07) is 6.37. The number of aromatic nitrogens is 1. The standard InChI is InChI=1S/C27H31ClN6O5S/c1-27(2,25(36)37)15-33-13-18-12-32(9-10-34(18)26(33)38)14-19-20(24(35)39-3)21(16-4-6-17(28)7-5-16)31-22(30-19)23-29-8-11-40-23/h4-8,11,18,21H,9-10,12-15H2,1-3H3,(H,30,31)(H,36,37). The van der Waals surface area contributed by atoms with E-state index >= 15 is 0 Å². The second-order valence-corrected chi connectivity index (χ2v) is 12.0. The van der Waals surface area contributed by atoms with Crippen LogP contribution in [0.15, 0.2) is 52.1 Å². The number of amides is 2. The summed E-state index contributed by atoms with van der Waals surface area (Å²) in [7, 11) is 1.35. The predicted molar refractivity (Wildman–Crippen MR) is 150 cm³/mol. The number of methoxy groups -OCH3 is 1. The molecular weight excluding hydrogens is 556 g/mol. The predicted octanol–water partition coefficient (Wildman–Crippen LogP) is 2.85. The molecule has 0 bridgehead atoms. The largest absolute Gasteiger partial charge is 0.481 e. The number of piperazine rings is 1.